The highest BCUT2D eigenvalue weighted by Crippen LogP contribution is 2.35. The standard InChI is InChI=1S/C27H23I2NO4S/c1-17-6-8-19(9-7-17)16-34-25-22(28)13-20(14-23(25)29)15-24-26(31)30(27(32)35-24)10-11-33-21-5-3-4-18(2)12-21/h3-9,12-15H,10-11,16H2,1-2H3/b24-15-. The average Bonchev–Trinajstić information content (AvgIpc) is 3.07. The van der Waals surface area contributed by atoms with Gasteiger partial charge in [-0.1, -0.05) is 42.0 Å². The Kier molecular flexibility index (Phi) is 8.77. The minimum Gasteiger partial charge on any atom is -0.492 e. The molecule has 0 aromatic heterocycles. The molecule has 0 radical (unpaired) electrons. The number of rotatable bonds is 8. The van der Waals surface area contributed by atoms with Crippen LogP contribution in [0.15, 0.2) is 65.6 Å². The number of imide groups is 1. The van der Waals surface area contributed by atoms with Crippen LogP contribution in [0.4, 0.5) is 4.79 Å². The Morgan fingerprint density at radius 3 is 2.31 bits per heavy atom. The van der Waals surface area contributed by atoms with Gasteiger partial charge in [0.05, 0.1) is 18.6 Å². The first-order chi connectivity index (χ1) is 16.8. The first-order valence-corrected chi connectivity index (χ1v) is 13.9. The van der Waals surface area contributed by atoms with Gasteiger partial charge in [0.25, 0.3) is 11.1 Å². The molecule has 2 amide bonds. The summed E-state index contributed by atoms with van der Waals surface area (Å²) in [4.78, 5) is 27.0. The van der Waals surface area contributed by atoms with E-state index in [0.717, 1.165) is 47.1 Å². The number of halogens is 2. The summed E-state index contributed by atoms with van der Waals surface area (Å²) in [6.07, 6.45) is 1.76. The van der Waals surface area contributed by atoms with Gasteiger partial charge < -0.3 is 9.47 Å². The molecule has 1 fully saturated rings. The summed E-state index contributed by atoms with van der Waals surface area (Å²) in [7, 11) is 0. The number of aryl methyl sites for hydroxylation is 2. The molecule has 0 spiro atoms. The van der Waals surface area contributed by atoms with E-state index in [2.05, 4.69) is 76.4 Å². The van der Waals surface area contributed by atoms with Crippen LogP contribution in [0.2, 0.25) is 0 Å². The largest absolute Gasteiger partial charge is 0.492 e. The van der Waals surface area contributed by atoms with Crippen molar-refractivity contribution >= 4 is 74.2 Å². The maximum absolute atomic E-state index is 12.9. The molecule has 1 aliphatic rings. The van der Waals surface area contributed by atoms with Crippen molar-refractivity contribution in [1.82, 2.24) is 4.90 Å². The molecule has 3 aromatic carbocycles. The van der Waals surface area contributed by atoms with Gasteiger partial charge in [-0.2, -0.15) is 0 Å². The lowest BCUT2D eigenvalue weighted by Crippen LogP contribution is -2.32. The third kappa shape index (κ3) is 6.79. The number of carbonyl (C=O) groups excluding carboxylic acids is 2. The number of hydrogen-bond acceptors (Lipinski definition) is 5. The summed E-state index contributed by atoms with van der Waals surface area (Å²) in [6.45, 7) is 4.98. The summed E-state index contributed by atoms with van der Waals surface area (Å²) in [6, 6.07) is 19.9. The van der Waals surface area contributed by atoms with Gasteiger partial charge >= 0.3 is 0 Å². The Morgan fingerprint density at radius 2 is 1.63 bits per heavy atom. The summed E-state index contributed by atoms with van der Waals surface area (Å²) in [5.41, 5.74) is 4.26. The van der Waals surface area contributed by atoms with Crippen molar-refractivity contribution in [2.24, 2.45) is 0 Å². The van der Waals surface area contributed by atoms with Crippen LogP contribution in [-0.2, 0) is 11.4 Å². The fourth-order valence-electron chi connectivity index (χ4n) is 3.44. The molecule has 5 nitrogen and oxygen atoms in total. The third-order valence-corrected chi connectivity index (χ3v) is 7.78. The van der Waals surface area contributed by atoms with Crippen molar-refractivity contribution in [2.45, 2.75) is 20.5 Å². The van der Waals surface area contributed by atoms with Crippen LogP contribution in [0.25, 0.3) is 6.08 Å². The average molecular weight is 711 g/mol. The van der Waals surface area contributed by atoms with E-state index in [1.54, 1.807) is 6.08 Å². The number of carbonyl (C=O) groups is 2. The van der Waals surface area contributed by atoms with Gasteiger partial charge in [-0.05, 0) is 118 Å². The van der Waals surface area contributed by atoms with Crippen LogP contribution in [0.3, 0.4) is 0 Å². The van der Waals surface area contributed by atoms with E-state index >= 15 is 0 Å². The van der Waals surface area contributed by atoms with E-state index in [1.807, 2.05) is 43.3 Å². The zero-order chi connectivity index (χ0) is 24.9. The molecule has 0 atom stereocenters. The molecule has 0 aliphatic carbocycles. The molecule has 4 rings (SSSR count). The Labute approximate surface area is 236 Å². The van der Waals surface area contributed by atoms with E-state index < -0.39 is 0 Å². The fraction of sp³-hybridized carbons (Fsp3) is 0.185. The lowest BCUT2D eigenvalue weighted by molar-refractivity contribution is -0.123. The monoisotopic (exact) mass is 711 g/mol. The van der Waals surface area contributed by atoms with Crippen molar-refractivity contribution < 1.29 is 19.1 Å². The highest BCUT2D eigenvalue weighted by atomic mass is 127. The minimum absolute atomic E-state index is 0.205. The van der Waals surface area contributed by atoms with Crippen LogP contribution in [0, 0.1) is 21.0 Å². The van der Waals surface area contributed by atoms with E-state index in [9.17, 15) is 9.59 Å². The van der Waals surface area contributed by atoms with Gasteiger partial charge in [0.15, 0.2) is 0 Å². The zero-order valence-electron chi connectivity index (χ0n) is 19.2. The summed E-state index contributed by atoms with van der Waals surface area (Å²) in [5, 5.41) is -0.281. The maximum Gasteiger partial charge on any atom is 0.293 e. The van der Waals surface area contributed by atoms with Gasteiger partial charge in [-0.25, -0.2) is 0 Å². The molecule has 1 saturated heterocycles. The van der Waals surface area contributed by atoms with Gasteiger partial charge in [0.1, 0.15) is 24.7 Å². The lowest BCUT2D eigenvalue weighted by atomic mass is 10.1. The maximum atomic E-state index is 12.9. The molecular formula is C27H23I2NO4S. The second kappa shape index (κ2) is 11.8. The van der Waals surface area contributed by atoms with Gasteiger partial charge in [0, 0.05) is 0 Å². The van der Waals surface area contributed by atoms with Crippen molar-refractivity contribution in [1.29, 1.82) is 0 Å². The highest BCUT2D eigenvalue weighted by molar-refractivity contribution is 14.1. The SMILES string of the molecule is Cc1ccc(COc2c(I)cc(/C=C3\SC(=O)N(CCOc4cccc(C)c4)C3=O)cc2I)cc1. The van der Waals surface area contributed by atoms with E-state index in [4.69, 9.17) is 9.47 Å². The third-order valence-electron chi connectivity index (χ3n) is 5.27. The molecular weight excluding hydrogens is 688 g/mol. The summed E-state index contributed by atoms with van der Waals surface area (Å²) in [5.74, 6) is 1.24. The summed E-state index contributed by atoms with van der Waals surface area (Å²) < 4.78 is 13.7. The lowest BCUT2D eigenvalue weighted by Gasteiger charge is -2.13. The number of ether oxygens (including phenoxy) is 2. The Morgan fingerprint density at radius 1 is 0.914 bits per heavy atom. The normalized spacial score (nSPS) is 14.6. The van der Waals surface area contributed by atoms with Crippen molar-refractivity contribution in [3.05, 3.63) is 95.0 Å². The van der Waals surface area contributed by atoms with Crippen LogP contribution < -0.4 is 9.47 Å². The predicted octanol–water partition coefficient (Wildman–Crippen LogP) is 7.21. The second-order valence-corrected chi connectivity index (χ2v) is 11.4. The van der Waals surface area contributed by atoms with Gasteiger partial charge in [0.2, 0.25) is 0 Å². The Balaban J connectivity index is 1.40. The first-order valence-electron chi connectivity index (χ1n) is 10.9. The molecule has 0 N–H and O–H groups in total. The molecule has 3 aromatic rings. The molecule has 0 saturated carbocycles. The van der Waals surface area contributed by atoms with Crippen molar-refractivity contribution in [3.63, 3.8) is 0 Å². The quantitative estimate of drug-likeness (QED) is 0.183. The Hall–Kier alpha value is -2.05. The number of nitrogens with zero attached hydrogens (tertiary/aromatic N) is 1. The Bertz CT molecular complexity index is 1270. The molecule has 35 heavy (non-hydrogen) atoms. The zero-order valence-corrected chi connectivity index (χ0v) is 24.3. The molecule has 0 bridgehead atoms. The number of hydrogen-bond donors (Lipinski definition) is 0. The fourth-order valence-corrected chi connectivity index (χ4v) is 6.44. The van der Waals surface area contributed by atoms with Gasteiger partial charge in [-0.15, -0.1) is 0 Å². The molecule has 1 aliphatic heterocycles. The topological polar surface area (TPSA) is 55.8 Å². The van der Waals surface area contributed by atoms with Crippen molar-refractivity contribution in [3.8, 4) is 11.5 Å². The van der Waals surface area contributed by atoms with Crippen LogP contribution in [-0.4, -0.2) is 29.2 Å². The van der Waals surface area contributed by atoms with Crippen molar-refractivity contribution in [2.75, 3.05) is 13.2 Å². The van der Waals surface area contributed by atoms with E-state index in [-0.39, 0.29) is 24.3 Å². The minimum atomic E-state index is -0.294. The molecule has 8 heteroatoms. The van der Waals surface area contributed by atoms with E-state index in [1.165, 1.54) is 10.5 Å². The molecule has 180 valence electrons. The molecule has 0 unspecified atom stereocenters. The number of benzene rings is 3. The predicted molar refractivity (Wildman–Crippen MR) is 157 cm³/mol. The summed E-state index contributed by atoms with van der Waals surface area (Å²) >= 11 is 5.44. The van der Waals surface area contributed by atoms with Crippen LogP contribution in [0.1, 0.15) is 22.3 Å². The first kappa shape index (κ1) is 26.0. The highest BCUT2D eigenvalue weighted by Gasteiger charge is 2.34. The van der Waals surface area contributed by atoms with E-state index in [0.29, 0.717) is 11.5 Å². The van der Waals surface area contributed by atoms with Crippen LogP contribution >= 0.6 is 56.9 Å². The number of thioether (sulfide) groups is 1. The molecule has 1 heterocycles. The second-order valence-electron chi connectivity index (χ2n) is 8.09. The number of amides is 2. The van der Waals surface area contributed by atoms with Crippen LogP contribution in [0.5, 0.6) is 11.5 Å². The smallest absolute Gasteiger partial charge is 0.293 e. The van der Waals surface area contributed by atoms with Gasteiger partial charge in [-0.3, -0.25) is 14.5 Å².